The van der Waals surface area contributed by atoms with Gasteiger partial charge in [0.2, 0.25) is 10.0 Å². The Morgan fingerprint density at radius 2 is 1.71 bits per heavy atom. The number of benzene rings is 2. The molecule has 0 unspecified atom stereocenters. The molecule has 0 aliphatic carbocycles. The van der Waals surface area contributed by atoms with Crippen molar-refractivity contribution in [1.29, 1.82) is 0 Å². The van der Waals surface area contributed by atoms with E-state index in [0.29, 0.717) is 43.5 Å². The van der Waals surface area contributed by atoms with Crippen LogP contribution in [-0.2, 0) is 14.8 Å². The predicted molar refractivity (Wildman–Crippen MR) is 111 cm³/mol. The van der Waals surface area contributed by atoms with Crippen LogP contribution in [0.3, 0.4) is 0 Å². The zero-order chi connectivity index (χ0) is 20.3. The molecule has 3 rings (SSSR count). The summed E-state index contributed by atoms with van der Waals surface area (Å²) in [7, 11) is -3.52. The number of piperazine rings is 1. The highest BCUT2D eigenvalue weighted by atomic mass is 32.2. The fourth-order valence-electron chi connectivity index (χ4n) is 3.57. The third kappa shape index (κ3) is 4.54. The lowest BCUT2D eigenvalue weighted by Gasteiger charge is -2.34. The summed E-state index contributed by atoms with van der Waals surface area (Å²) in [4.78, 5) is 13.8. The molecule has 7 heteroatoms. The molecule has 2 N–H and O–H groups in total. The van der Waals surface area contributed by atoms with Gasteiger partial charge in [0, 0.05) is 6.54 Å². The molecule has 0 bridgehead atoms. The van der Waals surface area contributed by atoms with E-state index < -0.39 is 10.0 Å². The van der Waals surface area contributed by atoms with E-state index in [2.05, 4.69) is 19.2 Å². The van der Waals surface area contributed by atoms with Crippen molar-refractivity contribution in [2.45, 2.75) is 31.7 Å². The number of nitrogens with zero attached hydrogens (tertiary/aromatic N) is 1. The molecule has 1 atom stereocenters. The highest BCUT2D eigenvalue weighted by molar-refractivity contribution is 7.89. The van der Waals surface area contributed by atoms with E-state index in [1.165, 1.54) is 0 Å². The van der Waals surface area contributed by atoms with Crippen LogP contribution >= 0.6 is 0 Å². The Morgan fingerprint density at radius 3 is 2.36 bits per heavy atom. The van der Waals surface area contributed by atoms with Crippen molar-refractivity contribution in [2.24, 2.45) is 5.92 Å². The summed E-state index contributed by atoms with van der Waals surface area (Å²) >= 11 is 0. The van der Waals surface area contributed by atoms with Gasteiger partial charge in [-0.25, -0.2) is 8.42 Å². The van der Waals surface area contributed by atoms with Gasteiger partial charge in [-0.05, 0) is 35.7 Å². The molecule has 2 aromatic rings. The fourth-order valence-corrected chi connectivity index (χ4v) is 5.04. The van der Waals surface area contributed by atoms with Crippen molar-refractivity contribution < 1.29 is 18.1 Å². The number of amides is 1. The van der Waals surface area contributed by atoms with Crippen molar-refractivity contribution >= 4 is 26.7 Å². The summed E-state index contributed by atoms with van der Waals surface area (Å²) in [6, 6.07) is 12.8. The van der Waals surface area contributed by atoms with Gasteiger partial charge in [-0.15, -0.1) is 0 Å². The van der Waals surface area contributed by atoms with Crippen molar-refractivity contribution in [3.63, 3.8) is 0 Å². The summed E-state index contributed by atoms with van der Waals surface area (Å²) in [6.45, 7) is 8.81. The van der Waals surface area contributed by atoms with Crippen molar-refractivity contribution in [3.8, 4) is 0 Å². The van der Waals surface area contributed by atoms with Gasteiger partial charge in [-0.2, -0.15) is 4.31 Å². The van der Waals surface area contributed by atoms with Crippen LogP contribution in [0.5, 0.6) is 0 Å². The minimum Gasteiger partial charge on any atom is -0.351 e. The maximum absolute atomic E-state index is 13.1. The predicted octanol–water partition coefficient (Wildman–Crippen LogP) is 0.890. The van der Waals surface area contributed by atoms with E-state index >= 15 is 0 Å². The zero-order valence-corrected chi connectivity index (χ0v) is 17.6. The SMILES string of the molecule is CC(C)CNC(=O)[C@H](C)[NH+]1CCN(S(=O)(=O)c2ccc3ccccc3c2)CC1. The van der Waals surface area contributed by atoms with Crippen LogP contribution in [-0.4, -0.2) is 57.4 Å². The molecule has 0 saturated carbocycles. The Morgan fingerprint density at radius 1 is 1.07 bits per heavy atom. The lowest BCUT2D eigenvalue weighted by Crippen LogP contribution is -3.19. The second kappa shape index (κ2) is 8.59. The molecule has 0 aromatic heterocycles. The first-order valence-electron chi connectivity index (χ1n) is 9.90. The molecule has 0 spiro atoms. The van der Waals surface area contributed by atoms with E-state index in [1.807, 2.05) is 37.3 Å². The number of carbonyl (C=O) groups is 1. The average Bonchev–Trinajstić information content (AvgIpc) is 2.71. The molecule has 28 heavy (non-hydrogen) atoms. The monoisotopic (exact) mass is 404 g/mol. The smallest absolute Gasteiger partial charge is 0.278 e. The molecule has 1 saturated heterocycles. The van der Waals surface area contributed by atoms with Gasteiger partial charge in [0.15, 0.2) is 6.04 Å². The maximum Gasteiger partial charge on any atom is 0.278 e. The molecule has 1 heterocycles. The summed E-state index contributed by atoms with van der Waals surface area (Å²) in [6.07, 6.45) is 0. The Hall–Kier alpha value is -1.96. The molecule has 0 radical (unpaired) electrons. The van der Waals surface area contributed by atoms with Crippen LogP contribution < -0.4 is 10.2 Å². The fraction of sp³-hybridized carbons (Fsp3) is 0.476. The van der Waals surface area contributed by atoms with Gasteiger partial charge in [0.05, 0.1) is 31.1 Å². The van der Waals surface area contributed by atoms with E-state index in [9.17, 15) is 13.2 Å². The lowest BCUT2D eigenvalue weighted by molar-refractivity contribution is -0.917. The minimum atomic E-state index is -3.52. The highest BCUT2D eigenvalue weighted by Gasteiger charge is 2.34. The van der Waals surface area contributed by atoms with E-state index in [-0.39, 0.29) is 11.9 Å². The summed E-state index contributed by atoms with van der Waals surface area (Å²) in [5.74, 6) is 0.449. The number of hydrogen-bond donors (Lipinski definition) is 2. The van der Waals surface area contributed by atoms with E-state index in [1.54, 1.807) is 16.4 Å². The van der Waals surface area contributed by atoms with Gasteiger partial charge < -0.3 is 10.2 Å². The normalized spacial score (nSPS) is 17.7. The van der Waals surface area contributed by atoms with Crippen LogP contribution in [0.15, 0.2) is 47.4 Å². The number of rotatable bonds is 6. The number of fused-ring (bicyclic) bond motifs is 1. The van der Waals surface area contributed by atoms with Crippen LogP contribution in [0.1, 0.15) is 20.8 Å². The Labute approximate surface area is 167 Å². The third-order valence-corrected chi connectivity index (χ3v) is 7.31. The van der Waals surface area contributed by atoms with E-state index in [0.717, 1.165) is 15.7 Å². The molecule has 1 aliphatic rings. The van der Waals surface area contributed by atoms with Gasteiger partial charge in [-0.3, -0.25) is 4.79 Å². The largest absolute Gasteiger partial charge is 0.351 e. The maximum atomic E-state index is 13.1. The first-order valence-corrected chi connectivity index (χ1v) is 11.3. The van der Waals surface area contributed by atoms with Crippen molar-refractivity contribution in [1.82, 2.24) is 9.62 Å². The van der Waals surface area contributed by atoms with Gasteiger partial charge in [0.1, 0.15) is 0 Å². The molecule has 1 fully saturated rings. The second-order valence-corrected chi connectivity index (χ2v) is 9.87. The standard InChI is InChI=1S/C21H29N3O3S/c1-16(2)15-22-21(25)17(3)23-10-12-24(13-11-23)28(26,27)20-9-8-18-6-4-5-7-19(18)14-20/h4-9,14,16-17H,10-13,15H2,1-3H3,(H,22,25)/p+1/t17-/m0/s1. The summed E-state index contributed by atoms with van der Waals surface area (Å²) < 4.78 is 27.7. The Bertz CT molecular complexity index is 935. The number of quaternary nitrogens is 1. The minimum absolute atomic E-state index is 0.0366. The molecule has 1 amide bonds. The van der Waals surface area contributed by atoms with Crippen LogP contribution in [0.4, 0.5) is 0 Å². The molecule has 2 aromatic carbocycles. The highest BCUT2D eigenvalue weighted by Crippen LogP contribution is 2.21. The van der Waals surface area contributed by atoms with Crippen LogP contribution in [0, 0.1) is 5.92 Å². The molecule has 6 nitrogen and oxygen atoms in total. The third-order valence-electron chi connectivity index (χ3n) is 5.41. The van der Waals surface area contributed by atoms with Gasteiger partial charge >= 0.3 is 0 Å². The van der Waals surface area contributed by atoms with Crippen molar-refractivity contribution in [2.75, 3.05) is 32.7 Å². The first-order chi connectivity index (χ1) is 13.3. The zero-order valence-electron chi connectivity index (χ0n) is 16.8. The topological polar surface area (TPSA) is 70.9 Å². The molecular formula is C21H30N3O3S+. The summed E-state index contributed by atoms with van der Waals surface area (Å²) in [5.41, 5.74) is 0. The van der Waals surface area contributed by atoms with Crippen molar-refractivity contribution in [3.05, 3.63) is 42.5 Å². The quantitative estimate of drug-likeness (QED) is 0.751. The van der Waals surface area contributed by atoms with Crippen LogP contribution in [0.25, 0.3) is 10.8 Å². The molecule has 1 aliphatic heterocycles. The van der Waals surface area contributed by atoms with Gasteiger partial charge in [0.25, 0.3) is 5.91 Å². The second-order valence-electron chi connectivity index (χ2n) is 7.93. The molecular weight excluding hydrogens is 374 g/mol. The average molecular weight is 405 g/mol. The number of hydrogen-bond acceptors (Lipinski definition) is 3. The lowest BCUT2D eigenvalue weighted by atomic mass is 10.1. The van der Waals surface area contributed by atoms with E-state index in [4.69, 9.17) is 0 Å². The van der Waals surface area contributed by atoms with Crippen LogP contribution in [0.2, 0.25) is 0 Å². The number of carbonyl (C=O) groups excluding carboxylic acids is 1. The van der Waals surface area contributed by atoms with Gasteiger partial charge in [-0.1, -0.05) is 44.2 Å². The number of sulfonamides is 1. The Balaban J connectivity index is 1.65. The Kier molecular flexibility index (Phi) is 6.37. The first kappa shape index (κ1) is 20.8. The summed E-state index contributed by atoms with van der Waals surface area (Å²) in [5, 5.41) is 4.92. The molecule has 152 valence electrons. The number of nitrogens with one attached hydrogen (secondary N) is 2.